The van der Waals surface area contributed by atoms with E-state index in [4.69, 9.17) is 4.74 Å². The Balaban J connectivity index is 1.49. The number of amides is 1. The van der Waals surface area contributed by atoms with Crippen molar-refractivity contribution in [3.8, 4) is 5.75 Å². The van der Waals surface area contributed by atoms with Crippen molar-refractivity contribution in [1.29, 1.82) is 0 Å². The van der Waals surface area contributed by atoms with Crippen molar-refractivity contribution in [2.75, 3.05) is 18.0 Å². The van der Waals surface area contributed by atoms with E-state index in [1.165, 1.54) is 6.07 Å². The van der Waals surface area contributed by atoms with Crippen molar-refractivity contribution >= 4 is 11.6 Å². The van der Waals surface area contributed by atoms with Crippen LogP contribution in [0.25, 0.3) is 0 Å². The Labute approximate surface area is 129 Å². The van der Waals surface area contributed by atoms with E-state index in [0.29, 0.717) is 5.75 Å². The van der Waals surface area contributed by atoms with Gasteiger partial charge in [-0.25, -0.2) is 4.39 Å². The molecule has 118 valence electrons. The van der Waals surface area contributed by atoms with Crippen molar-refractivity contribution in [2.45, 2.75) is 44.8 Å². The van der Waals surface area contributed by atoms with Gasteiger partial charge in [-0.2, -0.15) is 0 Å². The van der Waals surface area contributed by atoms with E-state index in [9.17, 15) is 9.18 Å². The molecular weight excluding hydrogens is 283 g/mol. The number of hydrogen-bond donors (Lipinski definition) is 1. The quantitative estimate of drug-likeness (QED) is 0.931. The monoisotopic (exact) mass is 304 g/mol. The lowest BCUT2D eigenvalue weighted by Crippen LogP contribution is -2.38. The van der Waals surface area contributed by atoms with Crippen LogP contribution in [-0.4, -0.2) is 31.1 Å². The van der Waals surface area contributed by atoms with Crippen molar-refractivity contribution in [1.82, 2.24) is 5.32 Å². The number of carbonyl (C=O) groups is 1. The number of nitrogens with zero attached hydrogens (tertiary/aromatic N) is 1. The molecule has 3 aliphatic rings. The summed E-state index contributed by atoms with van der Waals surface area (Å²) in [5, 5.41) is 3.14. The largest absolute Gasteiger partial charge is 0.487 e. The van der Waals surface area contributed by atoms with Crippen molar-refractivity contribution in [3.05, 3.63) is 23.5 Å². The maximum Gasteiger partial charge on any atom is 0.223 e. The normalized spacial score (nSPS) is 26.7. The van der Waals surface area contributed by atoms with E-state index in [2.05, 4.69) is 10.2 Å². The van der Waals surface area contributed by atoms with Crippen LogP contribution in [0.3, 0.4) is 0 Å². The highest BCUT2D eigenvalue weighted by Gasteiger charge is 2.34. The molecule has 0 aromatic heterocycles. The predicted octanol–water partition coefficient (Wildman–Crippen LogP) is 2.25. The number of halogens is 1. The standard InChI is InChI=1S/C17H21FN2O2/c1-10-8-13-15(5-4-14(18)16(13)22-10)20-7-6-12(9-20)19-17(21)11-2-3-11/h4-5,10-12H,2-3,6-9H2,1H3,(H,19,21)/t10?,12-/m0/s1. The summed E-state index contributed by atoms with van der Waals surface area (Å²) in [5.74, 6) is 0.586. The van der Waals surface area contributed by atoms with Crippen LogP contribution in [0.1, 0.15) is 31.7 Å². The molecule has 22 heavy (non-hydrogen) atoms. The molecule has 2 aliphatic heterocycles. The Bertz CT molecular complexity index is 615. The Morgan fingerprint density at radius 1 is 1.36 bits per heavy atom. The second kappa shape index (κ2) is 5.14. The average molecular weight is 304 g/mol. The van der Waals surface area contributed by atoms with E-state index in [-0.39, 0.29) is 29.8 Å². The summed E-state index contributed by atoms with van der Waals surface area (Å²) in [5.41, 5.74) is 2.03. The van der Waals surface area contributed by atoms with E-state index in [1.807, 2.05) is 13.0 Å². The van der Waals surface area contributed by atoms with Crippen LogP contribution in [0.4, 0.5) is 10.1 Å². The second-order valence-electron chi connectivity index (χ2n) is 6.72. The molecule has 1 N–H and O–H groups in total. The van der Waals surface area contributed by atoms with Gasteiger partial charge in [-0.1, -0.05) is 0 Å². The number of anilines is 1. The predicted molar refractivity (Wildman–Crippen MR) is 81.7 cm³/mol. The van der Waals surface area contributed by atoms with E-state index < -0.39 is 0 Å². The minimum atomic E-state index is -0.277. The summed E-state index contributed by atoms with van der Waals surface area (Å²) in [7, 11) is 0. The number of benzene rings is 1. The first-order valence-corrected chi connectivity index (χ1v) is 8.15. The lowest BCUT2D eigenvalue weighted by molar-refractivity contribution is -0.122. The summed E-state index contributed by atoms with van der Waals surface area (Å²) in [4.78, 5) is 14.1. The summed E-state index contributed by atoms with van der Waals surface area (Å²) in [6.45, 7) is 3.65. The van der Waals surface area contributed by atoms with Crippen molar-refractivity contribution < 1.29 is 13.9 Å². The molecule has 1 amide bonds. The topological polar surface area (TPSA) is 41.6 Å². The van der Waals surface area contributed by atoms with Gasteiger partial charge in [0.05, 0.1) is 0 Å². The third-order valence-corrected chi connectivity index (χ3v) is 4.82. The highest BCUT2D eigenvalue weighted by atomic mass is 19.1. The van der Waals surface area contributed by atoms with E-state index in [0.717, 1.165) is 50.0 Å². The molecule has 0 spiro atoms. The van der Waals surface area contributed by atoms with Gasteiger partial charge in [0, 0.05) is 42.7 Å². The van der Waals surface area contributed by atoms with Gasteiger partial charge in [-0.05, 0) is 38.3 Å². The molecule has 4 nitrogen and oxygen atoms in total. The first-order valence-electron chi connectivity index (χ1n) is 8.15. The Hall–Kier alpha value is -1.78. The Morgan fingerprint density at radius 2 is 2.18 bits per heavy atom. The van der Waals surface area contributed by atoms with Gasteiger partial charge in [0.25, 0.3) is 0 Å². The van der Waals surface area contributed by atoms with Crippen molar-refractivity contribution in [3.63, 3.8) is 0 Å². The summed E-state index contributed by atoms with van der Waals surface area (Å²) in [6, 6.07) is 3.54. The second-order valence-corrected chi connectivity index (χ2v) is 6.72. The number of carbonyl (C=O) groups excluding carboxylic acids is 1. The molecule has 5 heteroatoms. The SMILES string of the molecule is CC1Cc2c(N3CC[C@H](NC(=O)C4CC4)C3)ccc(F)c2O1. The number of ether oxygens (including phenoxy) is 1. The zero-order valence-electron chi connectivity index (χ0n) is 12.8. The van der Waals surface area contributed by atoms with Gasteiger partial charge in [0.2, 0.25) is 5.91 Å². The number of fused-ring (bicyclic) bond motifs is 1. The fourth-order valence-electron chi connectivity index (χ4n) is 3.50. The molecule has 2 atom stereocenters. The van der Waals surface area contributed by atoms with Gasteiger partial charge in [0.15, 0.2) is 11.6 Å². The molecule has 1 saturated carbocycles. The molecular formula is C17H21FN2O2. The minimum Gasteiger partial charge on any atom is -0.487 e. The molecule has 1 aromatic rings. The zero-order chi connectivity index (χ0) is 15.3. The first kappa shape index (κ1) is 13.9. The van der Waals surface area contributed by atoms with Crippen LogP contribution in [0, 0.1) is 11.7 Å². The van der Waals surface area contributed by atoms with Crippen LogP contribution < -0.4 is 15.0 Å². The molecule has 1 saturated heterocycles. The van der Waals surface area contributed by atoms with E-state index >= 15 is 0 Å². The number of nitrogens with one attached hydrogen (secondary N) is 1. The molecule has 0 bridgehead atoms. The number of rotatable bonds is 3. The number of hydrogen-bond acceptors (Lipinski definition) is 3. The average Bonchev–Trinajstić information content (AvgIpc) is 3.12. The van der Waals surface area contributed by atoms with Crippen LogP contribution in [0.2, 0.25) is 0 Å². The zero-order valence-corrected chi connectivity index (χ0v) is 12.8. The van der Waals surface area contributed by atoms with Crippen LogP contribution in [-0.2, 0) is 11.2 Å². The Kier molecular flexibility index (Phi) is 3.24. The summed E-state index contributed by atoms with van der Waals surface area (Å²) in [6.07, 6.45) is 3.78. The fraction of sp³-hybridized carbons (Fsp3) is 0.588. The van der Waals surface area contributed by atoms with Crippen LogP contribution >= 0.6 is 0 Å². The molecule has 1 unspecified atom stereocenters. The molecule has 4 rings (SSSR count). The molecule has 2 fully saturated rings. The maximum absolute atomic E-state index is 13.9. The maximum atomic E-state index is 13.9. The van der Waals surface area contributed by atoms with Gasteiger partial charge in [0.1, 0.15) is 6.10 Å². The smallest absolute Gasteiger partial charge is 0.223 e. The molecule has 1 aromatic carbocycles. The van der Waals surface area contributed by atoms with Crippen LogP contribution in [0.5, 0.6) is 5.75 Å². The third kappa shape index (κ3) is 2.42. The lowest BCUT2D eigenvalue weighted by Gasteiger charge is -2.21. The van der Waals surface area contributed by atoms with E-state index in [1.54, 1.807) is 0 Å². The van der Waals surface area contributed by atoms with Gasteiger partial charge >= 0.3 is 0 Å². The minimum absolute atomic E-state index is 0.0265. The lowest BCUT2D eigenvalue weighted by atomic mass is 10.1. The van der Waals surface area contributed by atoms with Gasteiger partial charge in [-0.15, -0.1) is 0 Å². The highest BCUT2D eigenvalue weighted by molar-refractivity contribution is 5.81. The third-order valence-electron chi connectivity index (χ3n) is 4.82. The summed E-state index contributed by atoms with van der Waals surface area (Å²) < 4.78 is 19.5. The van der Waals surface area contributed by atoms with Gasteiger partial charge in [-0.3, -0.25) is 4.79 Å². The van der Waals surface area contributed by atoms with Gasteiger partial charge < -0.3 is 15.0 Å². The summed E-state index contributed by atoms with van der Waals surface area (Å²) >= 11 is 0. The fourth-order valence-corrected chi connectivity index (χ4v) is 3.50. The van der Waals surface area contributed by atoms with Crippen LogP contribution in [0.15, 0.2) is 12.1 Å². The molecule has 1 aliphatic carbocycles. The molecule has 2 heterocycles. The highest BCUT2D eigenvalue weighted by Crippen LogP contribution is 2.39. The molecule has 0 radical (unpaired) electrons. The first-order chi connectivity index (χ1) is 10.6. The Morgan fingerprint density at radius 3 is 2.95 bits per heavy atom. The van der Waals surface area contributed by atoms with Crippen molar-refractivity contribution in [2.24, 2.45) is 5.92 Å².